The van der Waals surface area contributed by atoms with Crippen LogP contribution in [0.1, 0.15) is 33.1 Å². The molecule has 0 bridgehead atoms. The fraction of sp³-hybridized carbons (Fsp3) is 0.467. The van der Waals surface area contributed by atoms with Crippen molar-refractivity contribution < 1.29 is 38.9 Å². The van der Waals surface area contributed by atoms with E-state index in [2.05, 4.69) is 22.6 Å². The van der Waals surface area contributed by atoms with Crippen LogP contribution in [0.15, 0.2) is 25.3 Å². The van der Waals surface area contributed by atoms with Crippen LogP contribution >= 0.6 is 0 Å². The minimum absolute atomic E-state index is 0.0632. The quantitative estimate of drug-likeness (QED) is 0.509. The van der Waals surface area contributed by atoms with Crippen LogP contribution in [0.5, 0.6) is 0 Å². The van der Waals surface area contributed by atoms with Gasteiger partial charge in [-0.25, -0.2) is 9.59 Å². The van der Waals surface area contributed by atoms with Gasteiger partial charge in [0.2, 0.25) is 0 Å². The Morgan fingerprint density at radius 2 is 1.13 bits per heavy atom. The molecule has 0 saturated carbocycles. The SMILES string of the molecule is C=CC(=O)OCC.C=CC(=O)OCC.O=C(O)CCCC(=O)O. The van der Waals surface area contributed by atoms with Crippen molar-refractivity contribution in [3.63, 3.8) is 0 Å². The molecule has 0 aromatic heterocycles. The van der Waals surface area contributed by atoms with E-state index in [1.165, 1.54) is 0 Å². The summed E-state index contributed by atoms with van der Waals surface area (Å²) in [6, 6.07) is 0. The molecule has 0 unspecified atom stereocenters. The minimum Gasteiger partial charge on any atom is -0.481 e. The molecule has 0 aromatic rings. The monoisotopic (exact) mass is 332 g/mol. The van der Waals surface area contributed by atoms with E-state index in [4.69, 9.17) is 10.2 Å². The van der Waals surface area contributed by atoms with E-state index >= 15 is 0 Å². The van der Waals surface area contributed by atoms with Crippen molar-refractivity contribution in [1.29, 1.82) is 0 Å². The van der Waals surface area contributed by atoms with Gasteiger partial charge in [-0.2, -0.15) is 0 Å². The van der Waals surface area contributed by atoms with Gasteiger partial charge in [0.1, 0.15) is 0 Å². The van der Waals surface area contributed by atoms with E-state index in [1.54, 1.807) is 13.8 Å². The Labute approximate surface area is 135 Å². The fourth-order valence-corrected chi connectivity index (χ4v) is 0.793. The lowest BCUT2D eigenvalue weighted by Crippen LogP contribution is -1.98. The Bertz CT molecular complexity index is 351. The highest BCUT2D eigenvalue weighted by Gasteiger charge is 1.99. The van der Waals surface area contributed by atoms with E-state index in [0.717, 1.165) is 12.2 Å². The smallest absolute Gasteiger partial charge is 0.330 e. The van der Waals surface area contributed by atoms with Gasteiger partial charge in [0.15, 0.2) is 0 Å². The van der Waals surface area contributed by atoms with Gasteiger partial charge in [-0.1, -0.05) is 13.2 Å². The standard InChI is InChI=1S/C5H8O4.2C5H8O2/c6-4(7)2-1-3-5(8)9;2*1-3-5(6)7-4-2/h1-3H2,(H,6,7)(H,8,9);2*3H,1,4H2,2H3. The number of carbonyl (C=O) groups excluding carboxylic acids is 2. The molecular formula is C15H24O8. The van der Waals surface area contributed by atoms with E-state index in [9.17, 15) is 19.2 Å². The first-order chi connectivity index (χ1) is 10.7. The summed E-state index contributed by atoms with van der Waals surface area (Å²) in [4.78, 5) is 39.7. The summed E-state index contributed by atoms with van der Waals surface area (Å²) >= 11 is 0. The Morgan fingerprint density at radius 1 is 0.826 bits per heavy atom. The summed E-state index contributed by atoms with van der Waals surface area (Å²) < 4.78 is 8.87. The van der Waals surface area contributed by atoms with Crippen LogP contribution in [0, 0.1) is 0 Å². The second-order valence-electron chi connectivity index (χ2n) is 3.55. The number of carbonyl (C=O) groups is 4. The molecule has 0 heterocycles. The van der Waals surface area contributed by atoms with E-state index < -0.39 is 11.9 Å². The molecule has 0 fully saturated rings. The summed E-state index contributed by atoms with van der Waals surface area (Å²) in [6.45, 7) is 10.8. The summed E-state index contributed by atoms with van der Waals surface area (Å²) in [5.41, 5.74) is 0. The summed E-state index contributed by atoms with van der Waals surface area (Å²) in [5, 5.41) is 16.1. The molecule has 0 radical (unpaired) electrons. The molecule has 0 aromatic carbocycles. The molecule has 23 heavy (non-hydrogen) atoms. The average molecular weight is 332 g/mol. The average Bonchev–Trinajstić information content (AvgIpc) is 2.48. The Balaban J connectivity index is -0.000000264. The zero-order valence-corrected chi connectivity index (χ0v) is 13.4. The number of hydrogen-bond donors (Lipinski definition) is 2. The topological polar surface area (TPSA) is 127 Å². The molecule has 0 spiro atoms. The number of hydrogen-bond acceptors (Lipinski definition) is 6. The van der Waals surface area contributed by atoms with Crippen LogP contribution in [-0.4, -0.2) is 47.3 Å². The zero-order chi connectivity index (χ0) is 18.7. The number of carboxylic acid groups (broad SMARTS) is 2. The molecule has 0 saturated heterocycles. The third-order valence-electron chi connectivity index (χ3n) is 1.69. The highest BCUT2D eigenvalue weighted by molar-refractivity contribution is 5.81. The largest absolute Gasteiger partial charge is 0.481 e. The lowest BCUT2D eigenvalue weighted by molar-refractivity contribution is -0.139. The number of rotatable bonds is 8. The van der Waals surface area contributed by atoms with Crippen molar-refractivity contribution >= 4 is 23.9 Å². The second kappa shape index (κ2) is 19.4. The van der Waals surface area contributed by atoms with Crippen molar-refractivity contribution in [2.45, 2.75) is 33.1 Å². The third-order valence-corrected chi connectivity index (χ3v) is 1.69. The van der Waals surface area contributed by atoms with Crippen LogP contribution in [0.3, 0.4) is 0 Å². The zero-order valence-electron chi connectivity index (χ0n) is 13.4. The van der Waals surface area contributed by atoms with E-state index in [1.807, 2.05) is 0 Å². The maximum absolute atomic E-state index is 10.1. The molecule has 0 atom stereocenters. The van der Waals surface area contributed by atoms with Gasteiger partial charge in [-0.15, -0.1) is 0 Å². The van der Waals surface area contributed by atoms with Crippen LogP contribution in [-0.2, 0) is 28.7 Å². The Morgan fingerprint density at radius 3 is 1.26 bits per heavy atom. The predicted molar refractivity (Wildman–Crippen MR) is 82.8 cm³/mol. The molecule has 0 aliphatic heterocycles. The van der Waals surface area contributed by atoms with Crippen molar-refractivity contribution in [3.8, 4) is 0 Å². The van der Waals surface area contributed by atoms with Gasteiger partial charge < -0.3 is 19.7 Å². The molecule has 8 heteroatoms. The van der Waals surface area contributed by atoms with Crippen molar-refractivity contribution in [1.82, 2.24) is 0 Å². The minimum atomic E-state index is -0.948. The van der Waals surface area contributed by atoms with E-state index in [0.29, 0.717) is 13.2 Å². The highest BCUT2D eigenvalue weighted by atomic mass is 16.5. The van der Waals surface area contributed by atoms with Gasteiger partial charge in [0, 0.05) is 25.0 Å². The maximum Gasteiger partial charge on any atom is 0.330 e. The van der Waals surface area contributed by atoms with Gasteiger partial charge in [0.25, 0.3) is 0 Å². The fourth-order valence-electron chi connectivity index (χ4n) is 0.793. The molecule has 132 valence electrons. The highest BCUT2D eigenvalue weighted by Crippen LogP contribution is 1.93. The number of ether oxygens (including phenoxy) is 2. The molecule has 0 aliphatic carbocycles. The third kappa shape index (κ3) is 32.7. The van der Waals surface area contributed by atoms with Gasteiger partial charge >= 0.3 is 23.9 Å². The van der Waals surface area contributed by atoms with Gasteiger partial charge in [-0.05, 0) is 20.3 Å². The lowest BCUT2D eigenvalue weighted by Gasteiger charge is -1.90. The Kier molecular flexibility index (Phi) is 21.3. The first kappa shape index (κ1) is 25.3. The summed E-state index contributed by atoms with van der Waals surface area (Å²) in [6.07, 6.45) is 2.37. The predicted octanol–water partition coefficient (Wildman–Crippen LogP) is 1.80. The first-order valence-corrected chi connectivity index (χ1v) is 6.76. The molecule has 2 N–H and O–H groups in total. The second-order valence-corrected chi connectivity index (χ2v) is 3.55. The number of esters is 2. The number of carboxylic acids is 2. The molecule has 8 nitrogen and oxygen atoms in total. The maximum atomic E-state index is 10.1. The van der Waals surface area contributed by atoms with Crippen molar-refractivity contribution in [2.24, 2.45) is 0 Å². The molecule has 0 aliphatic rings. The first-order valence-electron chi connectivity index (χ1n) is 6.76. The summed E-state index contributed by atoms with van der Waals surface area (Å²) in [5.74, 6) is -2.61. The van der Waals surface area contributed by atoms with Crippen molar-refractivity contribution in [2.75, 3.05) is 13.2 Å². The normalized spacial score (nSPS) is 8.09. The molecule has 0 rings (SSSR count). The van der Waals surface area contributed by atoms with Gasteiger partial charge in [0.05, 0.1) is 13.2 Å². The summed E-state index contributed by atoms with van der Waals surface area (Å²) in [7, 11) is 0. The molecular weight excluding hydrogens is 308 g/mol. The molecule has 0 amide bonds. The van der Waals surface area contributed by atoms with Crippen LogP contribution < -0.4 is 0 Å². The number of aliphatic carboxylic acids is 2. The van der Waals surface area contributed by atoms with Crippen LogP contribution in [0.25, 0.3) is 0 Å². The Hall–Kier alpha value is -2.64. The van der Waals surface area contributed by atoms with Crippen molar-refractivity contribution in [3.05, 3.63) is 25.3 Å². The lowest BCUT2D eigenvalue weighted by atomic mass is 10.2. The van der Waals surface area contributed by atoms with E-state index in [-0.39, 0.29) is 31.2 Å². The van der Waals surface area contributed by atoms with Crippen LogP contribution in [0.2, 0.25) is 0 Å². The van der Waals surface area contributed by atoms with Gasteiger partial charge in [-0.3, -0.25) is 9.59 Å². The van der Waals surface area contributed by atoms with Crippen LogP contribution in [0.4, 0.5) is 0 Å².